The fourth-order valence-corrected chi connectivity index (χ4v) is 5.78. The summed E-state index contributed by atoms with van der Waals surface area (Å²) < 4.78 is 9.07. The predicted molar refractivity (Wildman–Crippen MR) is 103 cm³/mol. The molecule has 0 fully saturated rings. The third kappa shape index (κ3) is 3.17. The Morgan fingerprint density at radius 2 is 1.71 bits per heavy atom. The van der Waals surface area contributed by atoms with Crippen LogP contribution in [0.15, 0.2) is 83.3 Å². The van der Waals surface area contributed by atoms with Crippen LogP contribution in [0.3, 0.4) is 0 Å². The van der Waals surface area contributed by atoms with E-state index in [1.807, 2.05) is 0 Å². The van der Waals surface area contributed by atoms with E-state index in [0.29, 0.717) is 15.0 Å². The van der Waals surface area contributed by atoms with E-state index in [1.54, 1.807) is 0 Å². The molecule has 0 aromatic heterocycles. The van der Waals surface area contributed by atoms with Crippen LogP contribution in [-0.4, -0.2) is 15.0 Å². The van der Waals surface area contributed by atoms with Crippen molar-refractivity contribution in [2.24, 2.45) is 0 Å². The Bertz CT molecular complexity index is 822. The van der Waals surface area contributed by atoms with Crippen molar-refractivity contribution in [3.63, 3.8) is 0 Å². The summed E-state index contributed by atoms with van der Waals surface area (Å²) in [5.41, 5.74) is 2.30. The summed E-state index contributed by atoms with van der Waals surface area (Å²) >= 11 is 3.98. The van der Waals surface area contributed by atoms with Gasteiger partial charge in [-0.15, -0.1) is 0 Å². The van der Waals surface area contributed by atoms with E-state index >= 15 is 0 Å². The van der Waals surface area contributed by atoms with Crippen molar-refractivity contribution in [2.75, 3.05) is 0 Å². The SMILES string of the molecule is Brc1cccc(C2(C[Se]c3ccccc3)Cc3ccccc3O2)c1. The van der Waals surface area contributed by atoms with Gasteiger partial charge in [0.15, 0.2) is 0 Å². The Morgan fingerprint density at radius 3 is 2.50 bits per heavy atom. The molecule has 0 bridgehead atoms. The maximum absolute atomic E-state index is 6.55. The van der Waals surface area contributed by atoms with Crippen LogP contribution in [0.5, 0.6) is 5.75 Å². The number of ether oxygens (including phenoxy) is 1. The van der Waals surface area contributed by atoms with Crippen molar-refractivity contribution < 1.29 is 4.74 Å². The Morgan fingerprint density at radius 1 is 0.917 bits per heavy atom. The van der Waals surface area contributed by atoms with Crippen molar-refractivity contribution >= 4 is 35.3 Å². The second-order valence-electron chi connectivity index (χ2n) is 5.99. The van der Waals surface area contributed by atoms with Gasteiger partial charge in [0, 0.05) is 0 Å². The van der Waals surface area contributed by atoms with Gasteiger partial charge in [-0.2, -0.15) is 0 Å². The molecular formula is C21H17BrOSe. The molecule has 1 aliphatic heterocycles. The molecule has 0 aliphatic carbocycles. The molecule has 4 rings (SSSR count). The summed E-state index contributed by atoms with van der Waals surface area (Å²) in [4.78, 5) is 0. The Labute approximate surface area is 157 Å². The van der Waals surface area contributed by atoms with Gasteiger partial charge in [0.05, 0.1) is 0 Å². The second kappa shape index (κ2) is 6.76. The van der Waals surface area contributed by atoms with Gasteiger partial charge in [0.1, 0.15) is 0 Å². The molecule has 3 heteroatoms. The number of rotatable bonds is 4. The van der Waals surface area contributed by atoms with Crippen LogP contribution < -0.4 is 9.20 Å². The molecule has 0 saturated heterocycles. The third-order valence-corrected chi connectivity index (χ3v) is 7.36. The Balaban J connectivity index is 1.68. The summed E-state index contributed by atoms with van der Waals surface area (Å²) in [6.45, 7) is 0. The van der Waals surface area contributed by atoms with Crippen LogP contribution in [0.2, 0.25) is 5.32 Å². The third-order valence-electron chi connectivity index (χ3n) is 4.32. The summed E-state index contributed by atoms with van der Waals surface area (Å²) in [5, 5.41) is 1.02. The summed E-state index contributed by atoms with van der Waals surface area (Å²) in [7, 11) is 0. The number of hydrogen-bond acceptors (Lipinski definition) is 1. The number of fused-ring (bicyclic) bond motifs is 1. The molecule has 1 unspecified atom stereocenters. The first-order valence-corrected chi connectivity index (χ1v) is 10.8. The summed E-state index contributed by atoms with van der Waals surface area (Å²) in [6.07, 6.45) is 0.939. The zero-order valence-electron chi connectivity index (χ0n) is 13.1. The average Bonchev–Trinajstić information content (AvgIpc) is 3.01. The van der Waals surface area contributed by atoms with Gasteiger partial charge < -0.3 is 0 Å². The molecular weight excluding hydrogens is 427 g/mol. The first-order chi connectivity index (χ1) is 11.8. The van der Waals surface area contributed by atoms with Gasteiger partial charge in [0.25, 0.3) is 0 Å². The van der Waals surface area contributed by atoms with Crippen LogP contribution >= 0.6 is 15.9 Å². The van der Waals surface area contributed by atoms with E-state index in [1.165, 1.54) is 15.6 Å². The van der Waals surface area contributed by atoms with Crippen molar-refractivity contribution in [3.8, 4) is 5.75 Å². The quantitative estimate of drug-likeness (QED) is 0.529. The molecule has 120 valence electrons. The molecule has 0 saturated carbocycles. The van der Waals surface area contributed by atoms with E-state index in [0.717, 1.165) is 22.0 Å². The van der Waals surface area contributed by atoms with E-state index in [2.05, 4.69) is 94.8 Å². The van der Waals surface area contributed by atoms with Crippen LogP contribution in [0.4, 0.5) is 0 Å². The van der Waals surface area contributed by atoms with E-state index in [-0.39, 0.29) is 5.60 Å². The molecule has 1 nitrogen and oxygen atoms in total. The van der Waals surface area contributed by atoms with Gasteiger partial charge >= 0.3 is 158 Å². The van der Waals surface area contributed by atoms with Crippen LogP contribution in [0, 0.1) is 0 Å². The molecule has 24 heavy (non-hydrogen) atoms. The summed E-state index contributed by atoms with van der Waals surface area (Å²) in [5.74, 6) is 1.03. The zero-order valence-corrected chi connectivity index (χ0v) is 16.4. The average molecular weight is 444 g/mol. The van der Waals surface area contributed by atoms with Gasteiger partial charge in [-0.1, -0.05) is 0 Å². The molecule has 0 amide bonds. The fourth-order valence-electron chi connectivity index (χ4n) is 3.12. The molecule has 1 heterocycles. The topological polar surface area (TPSA) is 9.23 Å². The van der Waals surface area contributed by atoms with Gasteiger partial charge in [-0.3, -0.25) is 0 Å². The van der Waals surface area contributed by atoms with E-state index < -0.39 is 0 Å². The maximum atomic E-state index is 6.55. The van der Waals surface area contributed by atoms with Crippen LogP contribution in [0.25, 0.3) is 0 Å². The molecule has 0 radical (unpaired) electrons. The van der Waals surface area contributed by atoms with E-state index in [4.69, 9.17) is 4.74 Å². The predicted octanol–water partition coefficient (Wildman–Crippen LogP) is 4.73. The second-order valence-corrected chi connectivity index (χ2v) is 9.11. The minimum absolute atomic E-state index is 0.261. The van der Waals surface area contributed by atoms with Gasteiger partial charge in [0.2, 0.25) is 0 Å². The van der Waals surface area contributed by atoms with Gasteiger partial charge in [-0.05, 0) is 0 Å². The number of hydrogen-bond donors (Lipinski definition) is 0. The van der Waals surface area contributed by atoms with Gasteiger partial charge in [-0.25, -0.2) is 0 Å². The molecule has 3 aromatic rings. The molecule has 0 spiro atoms. The number of para-hydroxylation sites is 1. The fraction of sp³-hybridized carbons (Fsp3) is 0.143. The molecule has 3 aromatic carbocycles. The molecule has 0 N–H and O–H groups in total. The van der Waals surface area contributed by atoms with Crippen LogP contribution in [-0.2, 0) is 12.0 Å². The van der Waals surface area contributed by atoms with E-state index in [9.17, 15) is 0 Å². The standard InChI is InChI=1S/C21H17BrOSe/c22-18-9-6-8-17(13-18)21(15-24-19-10-2-1-3-11-19)14-16-7-4-5-12-20(16)23-21/h1-13H,14-15H2. The van der Waals surface area contributed by atoms with Crippen molar-refractivity contribution in [2.45, 2.75) is 17.3 Å². The monoisotopic (exact) mass is 444 g/mol. The Hall–Kier alpha value is -1.54. The normalized spacial score (nSPS) is 18.9. The zero-order chi connectivity index (χ0) is 16.4. The van der Waals surface area contributed by atoms with Crippen LogP contribution in [0.1, 0.15) is 11.1 Å². The molecule has 1 atom stereocenters. The van der Waals surface area contributed by atoms with Crippen molar-refractivity contribution in [1.29, 1.82) is 0 Å². The first-order valence-electron chi connectivity index (χ1n) is 7.96. The van der Waals surface area contributed by atoms with Crippen molar-refractivity contribution in [1.82, 2.24) is 0 Å². The molecule has 1 aliphatic rings. The number of benzene rings is 3. The Kier molecular flexibility index (Phi) is 4.49. The first kappa shape index (κ1) is 16.0. The minimum atomic E-state index is -0.261. The van der Waals surface area contributed by atoms with Crippen molar-refractivity contribution in [3.05, 3.63) is 94.5 Å². The summed E-state index contributed by atoms with van der Waals surface area (Å²) in [6, 6.07) is 27.7. The number of halogens is 1.